The van der Waals surface area contributed by atoms with Crippen LogP contribution >= 0.6 is 22.9 Å². The topological polar surface area (TPSA) is 40.7 Å². The van der Waals surface area contributed by atoms with Crippen LogP contribution in [0.5, 0.6) is 0 Å². The molecule has 0 amide bonds. The number of halogens is 1. The van der Waals surface area contributed by atoms with E-state index < -0.39 is 0 Å². The number of H-pyrrole nitrogens is 1. The Labute approximate surface area is 97.5 Å². The first kappa shape index (κ1) is 10.7. The smallest absolute Gasteiger partial charge is 0.122 e. The molecule has 2 rings (SSSR count). The second kappa shape index (κ2) is 4.79. The Balaban J connectivity index is 1.88. The first-order valence-corrected chi connectivity index (χ1v) is 5.92. The minimum Gasteiger partial charge on any atom is -0.347 e. The highest BCUT2D eigenvalue weighted by atomic mass is 35.5. The molecule has 0 saturated carbocycles. The van der Waals surface area contributed by atoms with E-state index in [-0.39, 0.29) is 6.04 Å². The van der Waals surface area contributed by atoms with Gasteiger partial charge in [-0.25, -0.2) is 4.98 Å². The standard InChI is InChI=1S/C10H12ClN3S/c1-7(10-12-4-5-13-10)14-6-8-2-3-9(11)15-8/h2-5,7,14H,6H2,1H3,(H,12,13). The van der Waals surface area contributed by atoms with Crippen molar-refractivity contribution in [1.82, 2.24) is 15.3 Å². The molecule has 0 fully saturated rings. The predicted octanol–water partition coefficient (Wildman–Crippen LogP) is 2.98. The Kier molecular flexibility index (Phi) is 3.41. The van der Waals surface area contributed by atoms with Gasteiger partial charge in [-0.2, -0.15) is 0 Å². The zero-order valence-corrected chi connectivity index (χ0v) is 9.90. The third-order valence-electron chi connectivity index (χ3n) is 2.14. The second-order valence-corrected chi connectivity index (χ2v) is 5.08. The highest BCUT2D eigenvalue weighted by molar-refractivity contribution is 7.16. The number of hydrogen-bond acceptors (Lipinski definition) is 3. The molecule has 3 nitrogen and oxygen atoms in total. The van der Waals surface area contributed by atoms with Crippen LogP contribution in [0.1, 0.15) is 23.7 Å². The summed E-state index contributed by atoms with van der Waals surface area (Å²) in [4.78, 5) is 8.51. The Bertz CT molecular complexity index is 410. The van der Waals surface area contributed by atoms with Gasteiger partial charge in [-0.05, 0) is 19.1 Å². The molecule has 0 saturated heterocycles. The fourth-order valence-electron chi connectivity index (χ4n) is 1.31. The Hall–Kier alpha value is -0.840. The molecule has 0 aliphatic carbocycles. The van der Waals surface area contributed by atoms with Gasteiger partial charge in [0.1, 0.15) is 5.82 Å². The number of aromatic amines is 1. The quantitative estimate of drug-likeness (QED) is 0.864. The second-order valence-electron chi connectivity index (χ2n) is 3.28. The summed E-state index contributed by atoms with van der Waals surface area (Å²) in [6.07, 6.45) is 3.59. The van der Waals surface area contributed by atoms with E-state index in [1.54, 1.807) is 17.5 Å². The number of imidazole rings is 1. The molecule has 5 heteroatoms. The van der Waals surface area contributed by atoms with Crippen molar-refractivity contribution in [2.75, 3.05) is 0 Å². The van der Waals surface area contributed by atoms with Gasteiger partial charge in [-0.15, -0.1) is 11.3 Å². The van der Waals surface area contributed by atoms with Crippen LogP contribution in [0, 0.1) is 0 Å². The van der Waals surface area contributed by atoms with E-state index in [0.29, 0.717) is 0 Å². The number of thiophene rings is 1. The number of nitrogens with zero attached hydrogens (tertiary/aromatic N) is 1. The maximum Gasteiger partial charge on any atom is 0.122 e. The van der Waals surface area contributed by atoms with Gasteiger partial charge >= 0.3 is 0 Å². The largest absolute Gasteiger partial charge is 0.347 e. The zero-order valence-electron chi connectivity index (χ0n) is 8.33. The Morgan fingerprint density at radius 2 is 2.47 bits per heavy atom. The highest BCUT2D eigenvalue weighted by Crippen LogP contribution is 2.21. The van der Waals surface area contributed by atoms with Crippen molar-refractivity contribution in [3.63, 3.8) is 0 Å². The van der Waals surface area contributed by atoms with Crippen molar-refractivity contribution in [2.24, 2.45) is 0 Å². The van der Waals surface area contributed by atoms with Crippen LogP contribution in [0.2, 0.25) is 4.34 Å². The third kappa shape index (κ3) is 2.81. The van der Waals surface area contributed by atoms with Gasteiger partial charge in [0.05, 0.1) is 10.4 Å². The van der Waals surface area contributed by atoms with Crippen LogP contribution < -0.4 is 5.32 Å². The van der Waals surface area contributed by atoms with Gasteiger partial charge in [0.15, 0.2) is 0 Å². The van der Waals surface area contributed by atoms with Crippen molar-refractivity contribution >= 4 is 22.9 Å². The van der Waals surface area contributed by atoms with Gasteiger partial charge in [-0.3, -0.25) is 0 Å². The average Bonchev–Trinajstić information content (AvgIpc) is 2.84. The molecular formula is C10H12ClN3S. The van der Waals surface area contributed by atoms with Crippen LogP contribution in [0.15, 0.2) is 24.5 Å². The molecule has 0 radical (unpaired) electrons. The van der Waals surface area contributed by atoms with E-state index >= 15 is 0 Å². The van der Waals surface area contributed by atoms with E-state index in [9.17, 15) is 0 Å². The monoisotopic (exact) mass is 241 g/mol. The number of aromatic nitrogens is 2. The van der Waals surface area contributed by atoms with Crippen molar-refractivity contribution in [3.05, 3.63) is 39.6 Å². The van der Waals surface area contributed by atoms with Crippen LogP contribution in [-0.2, 0) is 6.54 Å². The first-order valence-electron chi connectivity index (χ1n) is 4.72. The molecule has 2 aromatic heterocycles. The molecule has 2 N–H and O–H groups in total. The summed E-state index contributed by atoms with van der Waals surface area (Å²) in [6.45, 7) is 2.90. The molecule has 15 heavy (non-hydrogen) atoms. The Morgan fingerprint density at radius 3 is 3.07 bits per heavy atom. The van der Waals surface area contributed by atoms with Crippen LogP contribution in [0.4, 0.5) is 0 Å². The first-order chi connectivity index (χ1) is 7.25. The zero-order chi connectivity index (χ0) is 10.7. The third-order valence-corrected chi connectivity index (χ3v) is 3.37. The summed E-state index contributed by atoms with van der Waals surface area (Å²) in [7, 11) is 0. The summed E-state index contributed by atoms with van der Waals surface area (Å²) in [5.41, 5.74) is 0. The van der Waals surface area contributed by atoms with Crippen molar-refractivity contribution in [2.45, 2.75) is 19.5 Å². The van der Waals surface area contributed by atoms with Gasteiger partial charge in [0.2, 0.25) is 0 Å². The molecule has 1 atom stereocenters. The number of rotatable bonds is 4. The lowest BCUT2D eigenvalue weighted by Crippen LogP contribution is -2.18. The van der Waals surface area contributed by atoms with Crippen LogP contribution in [0.3, 0.4) is 0 Å². The van der Waals surface area contributed by atoms with Crippen LogP contribution in [-0.4, -0.2) is 9.97 Å². The molecule has 2 aromatic rings. The van der Waals surface area contributed by atoms with E-state index in [1.807, 2.05) is 18.3 Å². The molecule has 0 aliphatic rings. The van der Waals surface area contributed by atoms with Gasteiger partial charge in [0, 0.05) is 23.8 Å². The minimum atomic E-state index is 0.223. The predicted molar refractivity (Wildman–Crippen MR) is 63.2 cm³/mol. The van der Waals surface area contributed by atoms with Crippen LogP contribution in [0.25, 0.3) is 0 Å². The summed E-state index contributed by atoms with van der Waals surface area (Å²) in [6, 6.07) is 4.18. The van der Waals surface area contributed by atoms with E-state index in [2.05, 4.69) is 22.2 Å². The van der Waals surface area contributed by atoms with E-state index in [4.69, 9.17) is 11.6 Å². The lowest BCUT2D eigenvalue weighted by Gasteiger charge is -2.09. The van der Waals surface area contributed by atoms with Gasteiger partial charge in [-0.1, -0.05) is 11.6 Å². The normalized spacial score (nSPS) is 12.9. The molecule has 1 unspecified atom stereocenters. The van der Waals surface area contributed by atoms with Gasteiger partial charge in [0.25, 0.3) is 0 Å². The summed E-state index contributed by atoms with van der Waals surface area (Å²) in [5.74, 6) is 0.956. The van der Waals surface area contributed by atoms with Crippen molar-refractivity contribution in [1.29, 1.82) is 0 Å². The van der Waals surface area contributed by atoms with E-state index in [0.717, 1.165) is 16.7 Å². The number of hydrogen-bond donors (Lipinski definition) is 2. The summed E-state index contributed by atoms with van der Waals surface area (Å²) < 4.78 is 0.831. The lowest BCUT2D eigenvalue weighted by atomic mass is 10.3. The fraction of sp³-hybridized carbons (Fsp3) is 0.300. The molecule has 0 aliphatic heterocycles. The molecule has 2 heterocycles. The molecular weight excluding hydrogens is 230 g/mol. The average molecular weight is 242 g/mol. The lowest BCUT2D eigenvalue weighted by molar-refractivity contribution is 0.554. The van der Waals surface area contributed by atoms with Crippen molar-refractivity contribution < 1.29 is 0 Å². The highest BCUT2D eigenvalue weighted by Gasteiger charge is 2.07. The van der Waals surface area contributed by atoms with Crippen molar-refractivity contribution in [3.8, 4) is 0 Å². The summed E-state index contributed by atoms with van der Waals surface area (Å²) >= 11 is 7.45. The van der Waals surface area contributed by atoms with Gasteiger partial charge < -0.3 is 10.3 Å². The number of nitrogens with one attached hydrogen (secondary N) is 2. The SMILES string of the molecule is CC(NCc1ccc(Cl)s1)c1ncc[nH]1. The van der Waals surface area contributed by atoms with E-state index in [1.165, 1.54) is 4.88 Å². The molecule has 0 bridgehead atoms. The molecule has 0 spiro atoms. The Morgan fingerprint density at radius 1 is 1.60 bits per heavy atom. The molecule has 80 valence electrons. The minimum absolute atomic E-state index is 0.223. The summed E-state index contributed by atoms with van der Waals surface area (Å²) in [5, 5.41) is 3.37. The maximum atomic E-state index is 5.85. The molecule has 0 aromatic carbocycles. The maximum absolute atomic E-state index is 5.85. The fourth-order valence-corrected chi connectivity index (χ4v) is 2.35.